The monoisotopic (exact) mass is 444 g/mol. The maximum Gasteiger partial charge on any atom is 0.274 e. The lowest BCUT2D eigenvalue weighted by Gasteiger charge is -2.13. The highest BCUT2D eigenvalue weighted by Gasteiger charge is 2.14. The molecule has 4 rings (SSSR count). The van der Waals surface area contributed by atoms with Crippen molar-refractivity contribution in [2.75, 3.05) is 7.11 Å². The van der Waals surface area contributed by atoms with Gasteiger partial charge in [-0.1, -0.05) is 18.2 Å². The number of nitrogens with one attached hydrogen (secondary N) is 1. The van der Waals surface area contributed by atoms with E-state index in [1.807, 2.05) is 24.3 Å². The van der Waals surface area contributed by atoms with Gasteiger partial charge < -0.3 is 10.1 Å². The largest absolute Gasteiger partial charge is 0.496 e. The van der Waals surface area contributed by atoms with E-state index in [1.54, 1.807) is 25.2 Å². The second-order valence-electron chi connectivity index (χ2n) is 7.34. The molecule has 0 saturated carbocycles. The second-order valence-corrected chi connectivity index (χ2v) is 7.34. The molecule has 0 bridgehead atoms. The van der Waals surface area contributed by atoms with Gasteiger partial charge in [0.05, 0.1) is 23.1 Å². The average molecular weight is 444 g/mol. The fourth-order valence-corrected chi connectivity index (χ4v) is 3.59. The number of hydrogen-bond acceptors (Lipinski definition) is 6. The highest BCUT2D eigenvalue weighted by molar-refractivity contribution is 5.95. The van der Waals surface area contributed by atoms with Crippen molar-refractivity contribution < 1.29 is 14.5 Å². The number of nitro benzene ring substituents is 1. The summed E-state index contributed by atoms with van der Waals surface area (Å²) in [4.78, 5) is 35.3. The van der Waals surface area contributed by atoms with E-state index in [-0.39, 0.29) is 23.7 Å². The van der Waals surface area contributed by atoms with Gasteiger partial charge in [0.25, 0.3) is 17.2 Å². The minimum atomic E-state index is -0.519. The Balaban J connectivity index is 1.65. The first-order chi connectivity index (χ1) is 15.9. The fourth-order valence-electron chi connectivity index (χ4n) is 3.59. The Bertz CT molecular complexity index is 1430. The van der Waals surface area contributed by atoms with E-state index in [0.29, 0.717) is 28.0 Å². The number of non-ortho nitro benzene ring substituents is 1. The van der Waals surface area contributed by atoms with E-state index in [0.717, 1.165) is 10.9 Å². The smallest absolute Gasteiger partial charge is 0.274 e. The number of nitro groups is 1. The minimum absolute atomic E-state index is 0.0853. The van der Waals surface area contributed by atoms with Gasteiger partial charge in [-0.15, -0.1) is 0 Å². The summed E-state index contributed by atoms with van der Waals surface area (Å²) in [7, 11) is 3.14. The number of nitrogens with zero attached hydrogens (tertiary/aromatic N) is 3. The molecule has 33 heavy (non-hydrogen) atoms. The lowest BCUT2D eigenvalue weighted by Crippen LogP contribution is -2.23. The van der Waals surface area contributed by atoms with Crippen LogP contribution in [-0.4, -0.2) is 27.7 Å². The van der Waals surface area contributed by atoms with Crippen LogP contribution in [0.25, 0.3) is 22.0 Å². The summed E-state index contributed by atoms with van der Waals surface area (Å²) in [6.45, 7) is 0.163. The molecule has 1 aromatic heterocycles. The van der Waals surface area contributed by atoms with Crippen LogP contribution in [0.2, 0.25) is 0 Å². The van der Waals surface area contributed by atoms with Gasteiger partial charge in [-0.3, -0.25) is 19.7 Å². The topological polar surface area (TPSA) is 116 Å². The van der Waals surface area contributed by atoms with E-state index >= 15 is 0 Å². The van der Waals surface area contributed by atoms with Crippen LogP contribution in [0.3, 0.4) is 0 Å². The van der Waals surface area contributed by atoms with Crippen molar-refractivity contribution in [2.45, 2.75) is 6.54 Å². The van der Waals surface area contributed by atoms with Crippen molar-refractivity contribution in [3.8, 4) is 17.0 Å². The Morgan fingerprint density at radius 1 is 1.09 bits per heavy atom. The first kappa shape index (κ1) is 21.7. The van der Waals surface area contributed by atoms with Crippen LogP contribution < -0.4 is 15.6 Å². The second kappa shape index (κ2) is 8.91. The molecule has 0 aliphatic rings. The van der Waals surface area contributed by atoms with Crippen LogP contribution in [-0.2, 0) is 13.6 Å². The van der Waals surface area contributed by atoms with Crippen molar-refractivity contribution in [1.29, 1.82) is 0 Å². The summed E-state index contributed by atoms with van der Waals surface area (Å²) in [5.41, 5.74) is 2.16. The number of benzene rings is 3. The number of ether oxygens (including phenoxy) is 1. The van der Waals surface area contributed by atoms with Crippen LogP contribution in [0.4, 0.5) is 5.69 Å². The summed E-state index contributed by atoms with van der Waals surface area (Å²) >= 11 is 0. The molecule has 0 atom stereocenters. The zero-order valence-electron chi connectivity index (χ0n) is 17.9. The van der Waals surface area contributed by atoms with E-state index < -0.39 is 4.92 Å². The molecule has 1 N–H and O–H groups in total. The molecule has 0 saturated heterocycles. The molecule has 0 unspecified atom stereocenters. The van der Waals surface area contributed by atoms with Crippen LogP contribution in [0.5, 0.6) is 5.75 Å². The fraction of sp³-hybridized carbons (Fsp3) is 0.125. The molecule has 1 amide bonds. The summed E-state index contributed by atoms with van der Waals surface area (Å²) in [6, 6.07) is 18.1. The van der Waals surface area contributed by atoms with Gasteiger partial charge in [0, 0.05) is 47.8 Å². The predicted molar refractivity (Wildman–Crippen MR) is 123 cm³/mol. The molecule has 166 valence electrons. The van der Waals surface area contributed by atoms with Gasteiger partial charge in [-0.25, -0.2) is 4.68 Å². The highest BCUT2D eigenvalue weighted by atomic mass is 16.6. The molecule has 0 aliphatic carbocycles. The van der Waals surface area contributed by atoms with Gasteiger partial charge in [-0.05, 0) is 36.4 Å². The summed E-state index contributed by atoms with van der Waals surface area (Å²) in [5, 5.41) is 19.4. The summed E-state index contributed by atoms with van der Waals surface area (Å²) < 4.78 is 6.75. The van der Waals surface area contributed by atoms with Crippen molar-refractivity contribution in [3.05, 3.63) is 98.3 Å². The van der Waals surface area contributed by atoms with Gasteiger partial charge >= 0.3 is 0 Å². The highest BCUT2D eigenvalue weighted by Crippen LogP contribution is 2.29. The standard InChI is InChI=1S/C24H20N4O5/c1-27-24(30)20-6-4-3-5-19(20)22(26-27)16-9-12-21(33-2)17(13-16)14-25-23(29)15-7-10-18(11-8-15)28(31)32/h3-13H,14H2,1-2H3,(H,25,29). The Morgan fingerprint density at radius 3 is 2.45 bits per heavy atom. The maximum atomic E-state index is 12.5. The SMILES string of the molecule is COc1ccc(-c2nn(C)c(=O)c3ccccc23)cc1CNC(=O)c1ccc([N+](=O)[O-])cc1. The number of aryl methyl sites for hydroxylation is 1. The molecule has 9 nitrogen and oxygen atoms in total. The lowest BCUT2D eigenvalue weighted by atomic mass is 10.0. The zero-order chi connectivity index (χ0) is 23.5. The van der Waals surface area contributed by atoms with Gasteiger partial charge in [0.1, 0.15) is 5.75 Å². The van der Waals surface area contributed by atoms with E-state index in [4.69, 9.17) is 4.74 Å². The molecule has 3 aromatic carbocycles. The van der Waals surface area contributed by atoms with Gasteiger partial charge in [0.2, 0.25) is 0 Å². The molecule has 0 spiro atoms. The van der Waals surface area contributed by atoms with Crippen LogP contribution in [0.1, 0.15) is 15.9 Å². The van der Waals surface area contributed by atoms with E-state index in [1.165, 1.54) is 36.1 Å². The summed E-state index contributed by atoms with van der Waals surface area (Å²) in [5.74, 6) is 0.208. The van der Waals surface area contributed by atoms with Gasteiger partial charge in [0.15, 0.2) is 0 Å². The Kier molecular flexibility index (Phi) is 5.86. The molecule has 4 aromatic rings. The van der Waals surface area contributed by atoms with Crippen LogP contribution in [0, 0.1) is 10.1 Å². The normalized spacial score (nSPS) is 10.7. The number of methoxy groups -OCH3 is 1. The predicted octanol–water partition coefficient (Wildman–Crippen LogP) is 3.45. The first-order valence-corrected chi connectivity index (χ1v) is 10.0. The minimum Gasteiger partial charge on any atom is -0.496 e. The molecule has 0 aliphatic heterocycles. The van der Waals surface area contributed by atoms with Gasteiger partial charge in [-0.2, -0.15) is 5.10 Å². The number of amides is 1. The Morgan fingerprint density at radius 2 is 1.79 bits per heavy atom. The van der Waals surface area contributed by atoms with E-state index in [2.05, 4.69) is 10.4 Å². The third kappa shape index (κ3) is 4.29. The lowest BCUT2D eigenvalue weighted by molar-refractivity contribution is -0.384. The van der Waals surface area contributed by atoms with Crippen molar-refractivity contribution in [3.63, 3.8) is 0 Å². The number of carbonyl (C=O) groups excluding carboxylic acids is 1. The zero-order valence-corrected chi connectivity index (χ0v) is 17.9. The quantitative estimate of drug-likeness (QED) is 0.360. The molecule has 0 fully saturated rings. The van der Waals surface area contributed by atoms with Crippen molar-refractivity contribution in [2.24, 2.45) is 7.05 Å². The molecular weight excluding hydrogens is 424 g/mol. The van der Waals surface area contributed by atoms with Crippen LogP contribution in [0.15, 0.2) is 71.5 Å². The number of hydrogen-bond donors (Lipinski definition) is 1. The van der Waals surface area contributed by atoms with Crippen molar-refractivity contribution in [1.82, 2.24) is 15.1 Å². The Labute approximate surface area is 188 Å². The molecular formula is C24H20N4O5. The number of rotatable bonds is 6. The third-order valence-electron chi connectivity index (χ3n) is 5.29. The molecule has 1 heterocycles. The first-order valence-electron chi connectivity index (χ1n) is 10.0. The maximum absolute atomic E-state index is 12.5. The number of fused-ring (bicyclic) bond motifs is 1. The van der Waals surface area contributed by atoms with Crippen molar-refractivity contribution >= 4 is 22.4 Å². The van der Waals surface area contributed by atoms with Crippen LogP contribution >= 0.6 is 0 Å². The summed E-state index contributed by atoms with van der Waals surface area (Å²) in [6.07, 6.45) is 0. The van der Waals surface area contributed by atoms with E-state index in [9.17, 15) is 19.7 Å². The molecule has 0 radical (unpaired) electrons. The average Bonchev–Trinajstić information content (AvgIpc) is 2.84. The number of carbonyl (C=O) groups is 1. The third-order valence-corrected chi connectivity index (χ3v) is 5.29. The Hall–Kier alpha value is -4.53. The number of aromatic nitrogens is 2. The molecule has 9 heteroatoms.